The van der Waals surface area contributed by atoms with Gasteiger partial charge in [0.15, 0.2) is 5.11 Å². The monoisotopic (exact) mass is 448 g/mol. The van der Waals surface area contributed by atoms with Crippen LogP contribution in [0.5, 0.6) is 5.75 Å². The minimum absolute atomic E-state index is 0.0207. The lowest BCUT2D eigenvalue weighted by atomic mass is 9.95. The second kappa shape index (κ2) is 8.78. The highest BCUT2D eigenvalue weighted by atomic mass is 32.2. The summed E-state index contributed by atoms with van der Waals surface area (Å²) in [5.41, 5.74) is 6.06. The van der Waals surface area contributed by atoms with Crippen LogP contribution in [0.25, 0.3) is 0 Å². The summed E-state index contributed by atoms with van der Waals surface area (Å²) in [6.45, 7) is 0. The van der Waals surface area contributed by atoms with Crippen molar-refractivity contribution in [2.45, 2.75) is 11.3 Å². The Bertz CT molecular complexity index is 1100. The van der Waals surface area contributed by atoms with Crippen LogP contribution in [0.4, 0.5) is 5.69 Å². The Morgan fingerprint density at radius 2 is 1.87 bits per heavy atom. The summed E-state index contributed by atoms with van der Waals surface area (Å²) in [5, 5.41) is 2.81. The summed E-state index contributed by atoms with van der Waals surface area (Å²) >= 11 is 5.12. The van der Waals surface area contributed by atoms with Crippen LogP contribution >= 0.6 is 12.2 Å². The Kier molecular flexibility index (Phi) is 6.34. The molecule has 9 nitrogen and oxygen atoms in total. The van der Waals surface area contributed by atoms with Gasteiger partial charge in [0.25, 0.3) is 5.91 Å². The molecule has 1 aliphatic heterocycles. The molecule has 0 fully saturated rings. The number of nitrogens with one attached hydrogen (secondary N) is 3. The number of nitrogens with zero attached hydrogens (tertiary/aromatic N) is 1. The number of benzene rings is 2. The van der Waals surface area contributed by atoms with Gasteiger partial charge in [-0.1, -0.05) is 24.3 Å². The number of ether oxygens (including phenoxy) is 1. The van der Waals surface area contributed by atoms with E-state index in [9.17, 15) is 18.0 Å². The molecule has 0 aliphatic carbocycles. The fourth-order valence-corrected chi connectivity index (χ4v) is 3.88. The number of hydrogen-bond acceptors (Lipinski definition) is 6. The summed E-state index contributed by atoms with van der Waals surface area (Å²) in [6, 6.07) is 13.1. The van der Waals surface area contributed by atoms with Crippen molar-refractivity contribution in [3.63, 3.8) is 0 Å². The Hall–Kier alpha value is -3.02. The molecule has 0 saturated carbocycles. The standard InChI is InChI=1S/C19H20N4O5S2/c1-23(2)30(26,27)14-8-5-7-13(11-14)20-19(29)22-21-17(24)15-10-12-6-3-4-9-16(12)28-18(15)25/h3-9,11,15H,10H2,1-2H3,(H,21,24)(H2,20,22,29). The van der Waals surface area contributed by atoms with E-state index in [1.54, 1.807) is 36.4 Å². The third kappa shape index (κ3) is 4.75. The number of hydrogen-bond donors (Lipinski definition) is 3. The quantitative estimate of drug-likeness (QED) is 0.209. The lowest BCUT2D eigenvalue weighted by Gasteiger charge is -2.23. The number of para-hydroxylation sites is 1. The van der Waals surface area contributed by atoms with Crippen LogP contribution in [0.3, 0.4) is 0 Å². The summed E-state index contributed by atoms with van der Waals surface area (Å²) in [5.74, 6) is -1.80. The molecule has 0 saturated heterocycles. The van der Waals surface area contributed by atoms with Crippen LogP contribution in [-0.4, -0.2) is 43.8 Å². The minimum Gasteiger partial charge on any atom is -0.426 e. The first-order valence-corrected chi connectivity index (χ1v) is 10.7. The number of rotatable bonds is 4. The van der Waals surface area contributed by atoms with Crippen LogP contribution in [0, 0.1) is 5.92 Å². The molecule has 158 valence electrons. The van der Waals surface area contributed by atoms with Gasteiger partial charge in [0.2, 0.25) is 10.0 Å². The van der Waals surface area contributed by atoms with E-state index in [1.807, 2.05) is 0 Å². The van der Waals surface area contributed by atoms with Crippen LogP contribution in [-0.2, 0) is 26.0 Å². The Morgan fingerprint density at radius 1 is 1.13 bits per heavy atom. The molecule has 1 unspecified atom stereocenters. The molecule has 0 aromatic heterocycles. The first-order chi connectivity index (χ1) is 14.2. The van der Waals surface area contributed by atoms with Gasteiger partial charge in [-0.25, -0.2) is 12.7 Å². The van der Waals surface area contributed by atoms with Crippen molar-refractivity contribution in [3.8, 4) is 5.75 Å². The molecule has 2 aromatic rings. The van der Waals surface area contributed by atoms with Gasteiger partial charge in [-0.2, -0.15) is 0 Å². The van der Waals surface area contributed by atoms with Crippen molar-refractivity contribution in [3.05, 3.63) is 54.1 Å². The molecule has 0 spiro atoms. The first-order valence-electron chi connectivity index (χ1n) is 8.87. The summed E-state index contributed by atoms with van der Waals surface area (Å²) in [7, 11) is -0.725. The highest BCUT2D eigenvalue weighted by Crippen LogP contribution is 2.27. The predicted octanol–water partition coefficient (Wildman–Crippen LogP) is 1.03. The number of fused-ring (bicyclic) bond motifs is 1. The van der Waals surface area contributed by atoms with Gasteiger partial charge < -0.3 is 10.1 Å². The zero-order valence-electron chi connectivity index (χ0n) is 16.2. The molecule has 1 amide bonds. The van der Waals surface area contributed by atoms with Gasteiger partial charge in [0.05, 0.1) is 4.90 Å². The van der Waals surface area contributed by atoms with Gasteiger partial charge in [-0.15, -0.1) is 0 Å². The number of esters is 1. The van der Waals surface area contributed by atoms with Crippen molar-refractivity contribution in [2.24, 2.45) is 5.92 Å². The number of hydrazine groups is 1. The van der Waals surface area contributed by atoms with Gasteiger partial charge in [-0.05, 0) is 48.5 Å². The maximum Gasteiger partial charge on any atom is 0.324 e. The molecule has 1 heterocycles. The molecule has 3 N–H and O–H groups in total. The highest BCUT2D eigenvalue weighted by Gasteiger charge is 2.34. The van der Waals surface area contributed by atoms with E-state index in [2.05, 4.69) is 16.2 Å². The van der Waals surface area contributed by atoms with E-state index in [1.165, 1.54) is 26.2 Å². The maximum atomic E-state index is 12.4. The summed E-state index contributed by atoms with van der Waals surface area (Å²) in [6.07, 6.45) is 0.215. The Balaban J connectivity index is 1.59. The second-order valence-corrected chi connectivity index (χ2v) is 9.23. The van der Waals surface area contributed by atoms with Crippen LogP contribution in [0.1, 0.15) is 5.56 Å². The van der Waals surface area contributed by atoms with E-state index in [0.717, 1.165) is 9.87 Å². The Morgan fingerprint density at radius 3 is 2.60 bits per heavy atom. The van der Waals surface area contributed by atoms with E-state index in [0.29, 0.717) is 11.4 Å². The minimum atomic E-state index is -3.60. The predicted molar refractivity (Wildman–Crippen MR) is 114 cm³/mol. The third-order valence-corrected chi connectivity index (χ3v) is 6.39. The van der Waals surface area contributed by atoms with Crippen molar-refractivity contribution < 1.29 is 22.7 Å². The van der Waals surface area contributed by atoms with E-state index >= 15 is 0 Å². The smallest absolute Gasteiger partial charge is 0.324 e. The van der Waals surface area contributed by atoms with Crippen molar-refractivity contribution in [2.75, 3.05) is 19.4 Å². The zero-order chi connectivity index (χ0) is 21.9. The zero-order valence-corrected chi connectivity index (χ0v) is 17.8. The van der Waals surface area contributed by atoms with Crippen molar-refractivity contribution in [1.29, 1.82) is 0 Å². The van der Waals surface area contributed by atoms with Gasteiger partial charge in [0.1, 0.15) is 11.7 Å². The van der Waals surface area contributed by atoms with Crippen LogP contribution in [0.2, 0.25) is 0 Å². The maximum absolute atomic E-state index is 12.4. The van der Waals surface area contributed by atoms with Gasteiger partial charge >= 0.3 is 5.97 Å². The highest BCUT2D eigenvalue weighted by molar-refractivity contribution is 7.89. The lowest BCUT2D eigenvalue weighted by molar-refractivity contribution is -0.146. The van der Waals surface area contributed by atoms with E-state index in [-0.39, 0.29) is 16.4 Å². The number of thiocarbonyl (C=S) groups is 1. The normalized spacial score (nSPS) is 15.7. The molecular weight excluding hydrogens is 428 g/mol. The van der Waals surface area contributed by atoms with Gasteiger partial charge in [-0.3, -0.25) is 20.4 Å². The summed E-state index contributed by atoms with van der Waals surface area (Å²) < 4.78 is 30.8. The number of sulfonamides is 1. The molecule has 3 rings (SSSR count). The molecule has 0 bridgehead atoms. The lowest BCUT2D eigenvalue weighted by Crippen LogP contribution is -2.49. The molecule has 30 heavy (non-hydrogen) atoms. The SMILES string of the molecule is CN(C)S(=O)(=O)c1cccc(NC(=S)NNC(=O)C2Cc3ccccc3OC2=O)c1. The largest absolute Gasteiger partial charge is 0.426 e. The molecule has 1 aliphatic rings. The molecular formula is C19H20N4O5S2. The fourth-order valence-electron chi connectivity index (χ4n) is 2.77. The second-order valence-electron chi connectivity index (χ2n) is 6.67. The van der Waals surface area contributed by atoms with Crippen LogP contribution in [0.15, 0.2) is 53.4 Å². The number of amides is 1. The average molecular weight is 449 g/mol. The topological polar surface area (TPSA) is 117 Å². The average Bonchev–Trinajstić information content (AvgIpc) is 2.71. The fraction of sp³-hybridized carbons (Fsp3) is 0.211. The van der Waals surface area contributed by atoms with E-state index in [4.69, 9.17) is 17.0 Å². The number of carbonyl (C=O) groups excluding carboxylic acids is 2. The van der Waals surface area contributed by atoms with E-state index < -0.39 is 27.8 Å². The van der Waals surface area contributed by atoms with Crippen molar-refractivity contribution in [1.82, 2.24) is 15.2 Å². The van der Waals surface area contributed by atoms with Crippen molar-refractivity contribution >= 4 is 44.9 Å². The number of carbonyl (C=O) groups is 2. The number of anilines is 1. The summed E-state index contributed by atoms with van der Waals surface area (Å²) in [4.78, 5) is 24.6. The van der Waals surface area contributed by atoms with Crippen LogP contribution < -0.4 is 20.9 Å². The third-order valence-electron chi connectivity index (χ3n) is 4.38. The Labute approximate surface area is 179 Å². The van der Waals surface area contributed by atoms with Gasteiger partial charge in [0, 0.05) is 19.8 Å². The molecule has 2 aromatic carbocycles. The first kappa shape index (κ1) is 21.7. The molecule has 0 radical (unpaired) electrons. The molecule has 1 atom stereocenters. The molecule has 11 heteroatoms.